The highest BCUT2D eigenvalue weighted by molar-refractivity contribution is 7.00. The Morgan fingerprint density at radius 3 is 1.96 bits per heavy atom. The van der Waals surface area contributed by atoms with Crippen LogP contribution < -0.4 is 14.8 Å². The van der Waals surface area contributed by atoms with E-state index < -0.39 is 26.0 Å². The molecule has 0 radical (unpaired) electrons. The highest BCUT2D eigenvalue weighted by Crippen LogP contribution is 2.43. The van der Waals surface area contributed by atoms with Crippen LogP contribution in [0.1, 0.15) is 51.9 Å². The van der Waals surface area contributed by atoms with Crippen LogP contribution in [0.15, 0.2) is 97.3 Å². The first-order valence-electron chi connectivity index (χ1n) is 14.7. The summed E-state index contributed by atoms with van der Waals surface area (Å²) in [5.41, 5.74) is 1.26. The van der Waals surface area contributed by atoms with Gasteiger partial charge in [-0.3, -0.25) is 4.98 Å². The Labute approximate surface area is 269 Å². The highest BCUT2D eigenvalue weighted by Gasteiger charge is 2.52. The average molecular weight is 641 g/mol. The summed E-state index contributed by atoms with van der Waals surface area (Å²) in [6, 6.07) is 27.9. The second-order valence-corrected chi connectivity index (χ2v) is 17.5. The molecule has 7 nitrogen and oxygen atoms in total. The number of hydrogen-bond donors (Lipinski definition) is 0. The van der Waals surface area contributed by atoms with Crippen molar-refractivity contribution in [2.45, 2.75) is 52.2 Å². The standard InChI is InChI=1S/C36H37ClN2O5Si/c1-35(2,3)43-34(41)39-23-29(33(40)42-7)31-32(39)27(20-21-38-31)28-22-24(37)18-19-30(28)44-45(36(4,5)6,25-14-10-8-11-15-25)26-16-12-9-13-17-26/h8-23H,1-7H3. The van der Waals surface area contributed by atoms with Gasteiger partial charge in [0.1, 0.15) is 22.4 Å². The summed E-state index contributed by atoms with van der Waals surface area (Å²) in [5, 5.41) is 2.38. The molecule has 0 N–H and O–H groups in total. The summed E-state index contributed by atoms with van der Waals surface area (Å²) >= 11 is 6.65. The van der Waals surface area contributed by atoms with Crippen molar-refractivity contribution in [3.63, 3.8) is 0 Å². The van der Waals surface area contributed by atoms with E-state index in [9.17, 15) is 9.59 Å². The number of carbonyl (C=O) groups is 2. The minimum absolute atomic E-state index is 0.136. The number of nitrogens with zero attached hydrogens (tertiary/aromatic N) is 2. The summed E-state index contributed by atoms with van der Waals surface area (Å²) < 4.78 is 19.5. The predicted molar refractivity (Wildman–Crippen MR) is 181 cm³/mol. The van der Waals surface area contributed by atoms with Gasteiger partial charge in [0.05, 0.1) is 12.6 Å². The summed E-state index contributed by atoms with van der Waals surface area (Å²) in [6.45, 7) is 12.0. The van der Waals surface area contributed by atoms with Gasteiger partial charge < -0.3 is 13.9 Å². The third-order valence-corrected chi connectivity index (χ3v) is 12.8. The molecule has 232 valence electrons. The van der Waals surface area contributed by atoms with Crippen LogP contribution in [0.25, 0.3) is 22.2 Å². The summed E-state index contributed by atoms with van der Waals surface area (Å²) in [5.74, 6) is -0.0420. The molecule has 45 heavy (non-hydrogen) atoms. The van der Waals surface area contributed by atoms with E-state index in [4.69, 9.17) is 25.5 Å². The largest absolute Gasteiger partial charge is 0.534 e. The van der Waals surface area contributed by atoms with Crippen LogP contribution in [-0.2, 0) is 9.47 Å². The maximum absolute atomic E-state index is 13.6. The lowest BCUT2D eigenvalue weighted by Gasteiger charge is -2.43. The molecule has 5 rings (SSSR count). The zero-order valence-corrected chi connectivity index (χ0v) is 28.3. The number of fused-ring (bicyclic) bond motifs is 1. The lowest BCUT2D eigenvalue weighted by atomic mass is 10.0. The molecule has 9 heteroatoms. The van der Waals surface area contributed by atoms with Crippen molar-refractivity contribution in [1.82, 2.24) is 9.55 Å². The van der Waals surface area contributed by atoms with Gasteiger partial charge >= 0.3 is 20.4 Å². The molecule has 5 aromatic rings. The Hall–Kier alpha value is -4.40. The van der Waals surface area contributed by atoms with Crippen LogP contribution in [0.3, 0.4) is 0 Å². The molecule has 0 amide bonds. The summed E-state index contributed by atoms with van der Waals surface area (Å²) in [6.07, 6.45) is 2.35. The van der Waals surface area contributed by atoms with Gasteiger partial charge in [0.15, 0.2) is 0 Å². The maximum atomic E-state index is 13.6. The number of benzene rings is 3. The van der Waals surface area contributed by atoms with Crippen LogP contribution in [0.5, 0.6) is 5.75 Å². The number of rotatable bonds is 6. The fourth-order valence-electron chi connectivity index (χ4n) is 5.70. The topological polar surface area (TPSA) is 79.7 Å². The number of ether oxygens (including phenoxy) is 2. The number of halogens is 1. The second kappa shape index (κ2) is 12.2. The fraction of sp³-hybridized carbons (Fsp3) is 0.250. The molecule has 0 atom stereocenters. The zero-order chi connectivity index (χ0) is 32.6. The molecule has 2 heterocycles. The Morgan fingerprint density at radius 2 is 1.42 bits per heavy atom. The van der Waals surface area contributed by atoms with Gasteiger partial charge in [-0.25, -0.2) is 14.2 Å². The van der Waals surface area contributed by atoms with E-state index in [0.29, 0.717) is 32.9 Å². The van der Waals surface area contributed by atoms with Crippen LogP contribution in [0.4, 0.5) is 4.79 Å². The minimum Gasteiger partial charge on any atom is -0.534 e. The van der Waals surface area contributed by atoms with Gasteiger partial charge in [0, 0.05) is 28.5 Å². The zero-order valence-electron chi connectivity index (χ0n) is 26.6. The number of pyridine rings is 1. The Balaban J connectivity index is 1.82. The van der Waals surface area contributed by atoms with Crippen LogP contribution >= 0.6 is 11.6 Å². The Bertz CT molecular complexity index is 1820. The van der Waals surface area contributed by atoms with Crippen molar-refractivity contribution >= 4 is 53.4 Å². The SMILES string of the molecule is COC(=O)c1cn(C(=O)OC(C)(C)C)c2c(-c3cc(Cl)ccc3O[Si](c3ccccc3)(c3ccccc3)C(C)(C)C)ccnc12. The lowest BCUT2D eigenvalue weighted by molar-refractivity contribution is 0.0544. The summed E-state index contributed by atoms with van der Waals surface area (Å²) in [7, 11) is -1.77. The first-order chi connectivity index (χ1) is 21.3. The first-order valence-corrected chi connectivity index (χ1v) is 17.0. The molecule has 0 unspecified atom stereocenters. The van der Waals surface area contributed by atoms with E-state index in [1.807, 2.05) is 48.5 Å². The second-order valence-electron chi connectivity index (χ2n) is 12.8. The Morgan fingerprint density at radius 1 is 0.822 bits per heavy atom. The molecule has 0 bridgehead atoms. The smallest absolute Gasteiger partial charge is 0.419 e. The van der Waals surface area contributed by atoms with E-state index >= 15 is 0 Å². The van der Waals surface area contributed by atoms with Gasteiger partial charge in [-0.2, -0.15) is 0 Å². The van der Waals surface area contributed by atoms with Crippen molar-refractivity contribution < 1.29 is 23.5 Å². The Kier molecular flexibility index (Phi) is 8.66. The molecular weight excluding hydrogens is 604 g/mol. The maximum Gasteiger partial charge on any atom is 0.419 e. The van der Waals surface area contributed by atoms with Gasteiger partial charge in [0.2, 0.25) is 0 Å². The predicted octanol–water partition coefficient (Wildman–Crippen LogP) is 7.87. The molecule has 0 saturated heterocycles. The van der Waals surface area contributed by atoms with E-state index in [-0.39, 0.29) is 10.6 Å². The van der Waals surface area contributed by atoms with E-state index in [2.05, 4.69) is 50.0 Å². The monoisotopic (exact) mass is 640 g/mol. The quantitative estimate of drug-likeness (QED) is 0.139. The fourth-order valence-corrected chi connectivity index (χ4v) is 10.3. The molecule has 0 aliphatic carbocycles. The molecule has 2 aromatic heterocycles. The van der Waals surface area contributed by atoms with Crippen molar-refractivity contribution in [3.05, 3.63) is 108 Å². The number of carbonyl (C=O) groups excluding carboxylic acids is 2. The van der Waals surface area contributed by atoms with Gasteiger partial charge in [0.25, 0.3) is 0 Å². The average Bonchev–Trinajstić information content (AvgIpc) is 3.40. The molecule has 0 fully saturated rings. The molecular formula is C36H37ClN2O5Si. The van der Waals surface area contributed by atoms with Crippen molar-refractivity contribution in [3.8, 4) is 16.9 Å². The number of hydrogen-bond acceptors (Lipinski definition) is 6. The minimum atomic E-state index is -3.06. The third-order valence-electron chi connectivity index (χ3n) is 7.59. The highest BCUT2D eigenvalue weighted by atomic mass is 35.5. The van der Waals surface area contributed by atoms with Gasteiger partial charge in [-0.05, 0) is 60.4 Å². The van der Waals surface area contributed by atoms with Gasteiger partial charge in [-0.15, -0.1) is 0 Å². The number of esters is 1. The van der Waals surface area contributed by atoms with E-state index in [1.54, 1.807) is 39.1 Å². The van der Waals surface area contributed by atoms with E-state index in [1.165, 1.54) is 17.9 Å². The van der Waals surface area contributed by atoms with Crippen molar-refractivity contribution in [2.24, 2.45) is 0 Å². The van der Waals surface area contributed by atoms with Crippen LogP contribution in [0.2, 0.25) is 10.1 Å². The molecule has 3 aromatic carbocycles. The van der Waals surface area contributed by atoms with Crippen LogP contribution in [-0.4, -0.2) is 42.6 Å². The number of methoxy groups -OCH3 is 1. The first kappa shape index (κ1) is 32.0. The molecule has 0 spiro atoms. The molecule has 0 aliphatic rings. The van der Waals surface area contributed by atoms with Crippen molar-refractivity contribution in [2.75, 3.05) is 7.11 Å². The van der Waals surface area contributed by atoms with Crippen LogP contribution in [0, 0.1) is 0 Å². The lowest BCUT2D eigenvalue weighted by Crippen LogP contribution is -2.68. The third kappa shape index (κ3) is 6.12. The number of aromatic nitrogens is 2. The molecule has 0 aliphatic heterocycles. The van der Waals surface area contributed by atoms with Crippen molar-refractivity contribution in [1.29, 1.82) is 0 Å². The van der Waals surface area contributed by atoms with E-state index in [0.717, 1.165) is 10.4 Å². The molecule has 0 saturated carbocycles. The normalized spacial score (nSPS) is 12.2. The van der Waals surface area contributed by atoms with Gasteiger partial charge in [-0.1, -0.05) is 93.0 Å². The summed E-state index contributed by atoms with van der Waals surface area (Å²) in [4.78, 5) is 30.9.